The Morgan fingerprint density at radius 1 is 0.791 bits per heavy atom. The van der Waals surface area contributed by atoms with Gasteiger partial charge in [-0.15, -0.1) is 0 Å². The zero-order chi connectivity index (χ0) is 32.4. The van der Waals surface area contributed by atoms with E-state index in [1.165, 1.54) is 19.2 Å². The van der Waals surface area contributed by atoms with Crippen LogP contribution < -0.4 is 14.8 Å². The van der Waals surface area contributed by atoms with Crippen molar-refractivity contribution in [2.45, 2.75) is 86.3 Å². The molecule has 0 aliphatic rings. The van der Waals surface area contributed by atoms with E-state index in [1.54, 1.807) is 13.0 Å². The van der Waals surface area contributed by atoms with Crippen LogP contribution in [0.3, 0.4) is 0 Å². The summed E-state index contributed by atoms with van der Waals surface area (Å²) in [6.07, 6.45) is -0.850. The maximum atomic E-state index is 12.6. The number of esters is 1. The van der Waals surface area contributed by atoms with Crippen LogP contribution in [0.4, 0.5) is 14.4 Å². The Morgan fingerprint density at radius 2 is 1.37 bits per heavy atom. The molecule has 0 saturated heterocycles. The summed E-state index contributed by atoms with van der Waals surface area (Å²) in [5.41, 5.74) is 0.551. The molecule has 0 aliphatic heterocycles. The lowest BCUT2D eigenvalue weighted by atomic mass is 10.0. The van der Waals surface area contributed by atoms with Gasteiger partial charge in [-0.05, 0) is 55.2 Å². The molecule has 0 bridgehead atoms. The maximum Gasteiger partial charge on any atom is 0.513 e. The summed E-state index contributed by atoms with van der Waals surface area (Å²) in [6.45, 7) is 14.2. The molecule has 0 aliphatic carbocycles. The van der Waals surface area contributed by atoms with Gasteiger partial charge in [0.15, 0.2) is 11.5 Å². The molecule has 4 atom stereocenters. The number of benzene rings is 1. The van der Waals surface area contributed by atoms with Crippen molar-refractivity contribution in [1.29, 1.82) is 0 Å². The molecule has 12 nitrogen and oxygen atoms in total. The molecule has 1 aromatic carbocycles. The highest BCUT2D eigenvalue weighted by Gasteiger charge is 2.24. The van der Waals surface area contributed by atoms with E-state index in [4.69, 9.17) is 33.2 Å². The second-order valence-electron chi connectivity index (χ2n) is 11.0. The first-order valence-electron chi connectivity index (χ1n) is 14.8. The van der Waals surface area contributed by atoms with Crippen molar-refractivity contribution in [3.63, 3.8) is 0 Å². The summed E-state index contributed by atoms with van der Waals surface area (Å²) in [4.78, 5) is 49.2. The molecule has 0 fully saturated rings. The maximum absolute atomic E-state index is 12.6. The quantitative estimate of drug-likeness (QED) is 0.117. The van der Waals surface area contributed by atoms with Crippen LogP contribution in [-0.2, 0) is 34.9 Å². The first-order chi connectivity index (χ1) is 20.4. The summed E-state index contributed by atoms with van der Waals surface area (Å²) >= 11 is 0. The van der Waals surface area contributed by atoms with Crippen molar-refractivity contribution in [1.82, 2.24) is 5.32 Å². The van der Waals surface area contributed by atoms with E-state index in [1.807, 2.05) is 41.5 Å². The van der Waals surface area contributed by atoms with Crippen LogP contribution in [0.2, 0.25) is 0 Å². The Morgan fingerprint density at radius 3 is 1.91 bits per heavy atom. The molecule has 0 amide bonds. The monoisotopic (exact) mass is 611 g/mol. The average molecular weight is 612 g/mol. The summed E-state index contributed by atoms with van der Waals surface area (Å²) in [5, 5.41) is 3.03. The molecule has 0 radical (unpaired) electrons. The SMILES string of the molecule is CCC(C)COC(=O)Oc1ccc(C[C@H](NCC(C)OC(=O)OCCC(C)C)C(=O)OC)cc1OC(=O)OCC(C)CC. The minimum absolute atomic E-state index is 0.0565. The summed E-state index contributed by atoms with van der Waals surface area (Å²) in [6, 6.07) is 3.67. The van der Waals surface area contributed by atoms with Crippen molar-refractivity contribution in [3.05, 3.63) is 23.8 Å². The number of carbonyl (C=O) groups excluding carboxylic acids is 4. The van der Waals surface area contributed by atoms with E-state index in [0.717, 1.165) is 19.3 Å². The van der Waals surface area contributed by atoms with Gasteiger partial charge in [0, 0.05) is 6.54 Å². The topological polar surface area (TPSA) is 145 Å². The van der Waals surface area contributed by atoms with E-state index in [9.17, 15) is 19.2 Å². The molecule has 244 valence electrons. The molecule has 12 heteroatoms. The van der Waals surface area contributed by atoms with Gasteiger partial charge in [-0.1, -0.05) is 60.5 Å². The highest BCUT2D eigenvalue weighted by Crippen LogP contribution is 2.30. The predicted molar refractivity (Wildman–Crippen MR) is 158 cm³/mol. The Bertz CT molecular complexity index is 1010. The molecule has 3 unspecified atom stereocenters. The van der Waals surface area contributed by atoms with Crippen LogP contribution in [-0.4, -0.2) is 70.1 Å². The minimum atomic E-state index is -0.968. The second-order valence-corrected chi connectivity index (χ2v) is 11.0. The van der Waals surface area contributed by atoms with Gasteiger partial charge in [0.1, 0.15) is 12.1 Å². The molecule has 1 aromatic rings. The van der Waals surface area contributed by atoms with Crippen LogP contribution in [0.25, 0.3) is 0 Å². The van der Waals surface area contributed by atoms with Crippen LogP contribution in [0.5, 0.6) is 11.5 Å². The van der Waals surface area contributed by atoms with Crippen molar-refractivity contribution in [2.24, 2.45) is 17.8 Å². The third kappa shape index (κ3) is 16.0. The van der Waals surface area contributed by atoms with E-state index < -0.39 is 36.6 Å². The molecule has 1 N–H and O–H groups in total. The molecule has 43 heavy (non-hydrogen) atoms. The number of nitrogens with one attached hydrogen (secondary N) is 1. The normalized spacial score (nSPS) is 13.7. The highest BCUT2D eigenvalue weighted by atomic mass is 16.7. The van der Waals surface area contributed by atoms with Gasteiger partial charge >= 0.3 is 24.4 Å². The summed E-state index contributed by atoms with van der Waals surface area (Å²) in [7, 11) is 1.26. The number of methoxy groups -OCH3 is 1. The lowest BCUT2D eigenvalue weighted by Gasteiger charge is -2.20. The van der Waals surface area contributed by atoms with E-state index in [0.29, 0.717) is 11.5 Å². The smallest absolute Gasteiger partial charge is 0.468 e. The van der Waals surface area contributed by atoms with Gasteiger partial charge in [-0.2, -0.15) is 0 Å². The van der Waals surface area contributed by atoms with Crippen molar-refractivity contribution >= 4 is 24.4 Å². The minimum Gasteiger partial charge on any atom is -0.468 e. The first-order valence-corrected chi connectivity index (χ1v) is 14.8. The van der Waals surface area contributed by atoms with Crippen LogP contribution >= 0.6 is 0 Å². The van der Waals surface area contributed by atoms with Gasteiger partial charge in [0.2, 0.25) is 0 Å². The molecule has 1 rings (SSSR count). The van der Waals surface area contributed by atoms with Gasteiger partial charge in [-0.25, -0.2) is 14.4 Å². The Kier molecular flexibility index (Phi) is 17.8. The van der Waals surface area contributed by atoms with E-state index in [2.05, 4.69) is 5.32 Å². The molecule has 0 saturated carbocycles. The van der Waals surface area contributed by atoms with Gasteiger partial charge in [0.05, 0.1) is 26.9 Å². The third-order valence-electron chi connectivity index (χ3n) is 6.55. The Balaban J connectivity index is 3.00. The summed E-state index contributed by atoms with van der Waals surface area (Å²) in [5.74, 6) is -0.0392. The average Bonchev–Trinajstić information content (AvgIpc) is 2.97. The number of rotatable bonds is 18. The molecule has 0 aromatic heterocycles. The molecular weight excluding hydrogens is 562 g/mol. The lowest BCUT2D eigenvalue weighted by molar-refractivity contribution is -0.143. The molecule has 0 heterocycles. The third-order valence-corrected chi connectivity index (χ3v) is 6.55. The van der Waals surface area contributed by atoms with Crippen LogP contribution in [0.15, 0.2) is 18.2 Å². The fraction of sp³-hybridized carbons (Fsp3) is 0.677. The Hall–Kier alpha value is -3.54. The number of hydrogen-bond acceptors (Lipinski definition) is 12. The van der Waals surface area contributed by atoms with E-state index in [-0.39, 0.29) is 56.1 Å². The molecular formula is C31H49NO11. The van der Waals surface area contributed by atoms with Gasteiger partial charge in [0.25, 0.3) is 0 Å². The standard InChI is InChI=1S/C31H49NO11/c1-9-21(5)18-39-30(35)42-26-12-11-24(16-27(26)43-31(36)40-19-22(6)10-2)15-25(28(33)37-8)32-17-23(7)41-29(34)38-14-13-20(3)4/h11-12,16,20-23,25,32H,9-10,13-15,17-19H2,1-8H3/t21?,22?,23?,25-/m0/s1. The first kappa shape index (κ1) is 37.5. The second kappa shape index (κ2) is 20.4. The van der Waals surface area contributed by atoms with Crippen molar-refractivity contribution in [2.75, 3.05) is 33.5 Å². The van der Waals surface area contributed by atoms with Crippen LogP contribution in [0, 0.1) is 17.8 Å². The van der Waals surface area contributed by atoms with Gasteiger partial charge < -0.3 is 38.5 Å². The predicted octanol–water partition coefficient (Wildman–Crippen LogP) is 6.07. The van der Waals surface area contributed by atoms with Crippen molar-refractivity contribution < 1.29 is 52.3 Å². The zero-order valence-electron chi connectivity index (χ0n) is 26.8. The fourth-order valence-corrected chi connectivity index (χ4v) is 3.28. The molecule has 0 spiro atoms. The van der Waals surface area contributed by atoms with Crippen LogP contribution in [0.1, 0.15) is 73.3 Å². The fourth-order valence-electron chi connectivity index (χ4n) is 3.28. The van der Waals surface area contributed by atoms with Crippen molar-refractivity contribution in [3.8, 4) is 11.5 Å². The number of hydrogen-bond donors (Lipinski definition) is 1. The lowest BCUT2D eigenvalue weighted by Crippen LogP contribution is -2.43. The highest BCUT2D eigenvalue weighted by molar-refractivity contribution is 5.76. The number of carbonyl (C=O) groups is 4. The summed E-state index contributed by atoms with van der Waals surface area (Å²) < 4.78 is 36.3. The van der Waals surface area contributed by atoms with Gasteiger partial charge in [-0.3, -0.25) is 4.79 Å². The van der Waals surface area contributed by atoms with E-state index >= 15 is 0 Å². The Labute approximate surface area is 255 Å². The number of ether oxygens (including phenoxy) is 7. The largest absolute Gasteiger partial charge is 0.513 e. The zero-order valence-corrected chi connectivity index (χ0v) is 26.8.